The Kier molecular flexibility index (Phi) is 30.8. The normalized spacial score (nSPS) is 10.1. The number of aliphatic carboxylic acids is 9. The summed E-state index contributed by atoms with van der Waals surface area (Å²) in [5.41, 5.74) is -8.69. The van der Waals surface area contributed by atoms with Crippen LogP contribution in [0.1, 0.15) is 38.5 Å². The molecule has 0 bridgehead atoms. The smallest absolute Gasteiger partial charge is 0.550 e. The summed E-state index contributed by atoms with van der Waals surface area (Å²) in [6.45, 7) is 0. The van der Waals surface area contributed by atoms with Gasteiger partial charge in [-0.3, -0.25) is 9.59 Å². The first kappa shape index (κ1) is 53.4. The Morgan fingerprint density at radius 2 is 0.595 bits per heavy atom. The molecule has 0 aromatic rings. The van der Waals surface area contributed by atoms with Crippen LogP contribution in [0.25, 0.3) is 0 Å². The minimum Gasteiger partial charge on any atom is -0.550 e. The van der Waals surface area contributed by atoms with Crippen LogP contribution in [-0.4, -0.2) is 214 Å². The van der Waals surface area contributed by atoms with Gasteiger partial charge in [0.15, 0.2) is 5.60 Å². The van der Waals surface area contributed by atoms with Gasteiger partial charge >= 0.3 is 131 Å². The Bertz CT molecular complexity index is 821. The second-order valence-corrected chi connectivity index (χ2v) is 7.31. The summed E-state index contributed by atoms with van der Waals surface area (Å²) in [7, 11) is 0. The summed E-state index contributed by atoms with van der Waals surface area (Å²) < 4.78 is 0. The van der Waals surface area contributed by atoms with Crippen LogP contribution < -0.4 is 30.6 Å². The van der Waals surface area contributed by atoms with E-state index >= 15 is 0 Å². The van der Waals surface area contributed by atoms with Crippen LogP contribution in [0.3, 0.4) is 0 Å². The maximum absolute atomic E-state index is 10.3. The zero-order chi connectivity index (χ0) is 31.9. The zero-order valence-corrected chi connectivity index (χ0v) is 27.8. The van der Waals surface area contributed by atoms with E-state index in [1.165, 1.54) is 0 Å². The summed E-state index contributed by atoms with van der Waals surface area (Å²) in [6, 6.07) is 0. The van der Waals surface area contributed by atoms with Gasteiger partial charge in [-0.05, 0) is 0 Å². The van der Waals surface area contributed by atoms with Crippen LogP contribution >= 0.6 is 0 Å². The van der Waals surface area contributed by atoms with E-state index in [0.717, 1.165) is 0 Å². The van der Waals surface area contributed by atoms with Gasteiger partial charge in [0, 0.05) is 49.6 Å². The standard InChI is InChI=1S/3C6H8O7.3Ca/c3*7-3(8)1-6(13,5(11)12)2-4(9)10;;;/h3*13H,1-2H2,(H,7,8)(H,9,10)(H,11,12);;;/q;;;3*+2/p-6. The maximum atomic E-state index is 10.3. The quantitative estimate of drug-likeness (QED) is 0.0868. The second kappa shape index (κ2) is 24.2. The molecule has 0 amide bonds. The number of carbonyl (C=O) groups excluding carboxylic acids is 6. The molecule has 0 heterocycles. The number of aliphatic hydroxyl groups is 3. The number of carbonyl (C=O) groups is 9. The van der Waals surface area contributed by atoms with Gasteiger partial charge in [0.05, 0.1) is 24.8 Å². The van der Waals surface area contributed by atoms with E-state index in [-0.39, 0.29) is 113 Å². The molecule has 0 atom stereocenters. The average molecular weight is 691 g/mol. The minimum absolute atomic E-state index is 0. The van der Waals surface area contributed by atoms with E-state index in [2.05, 4.69) is 0 Å². The minimum atomic E-state index is -2.97. The van der Waals surface area contributed by atoms with Gasteiger partial charge in [-0.1, -0.05) is 0 Å². The number of hydrogen-bond acceptors (Lipinski definition) is 18. The number of carboxylic acid groups (broad SMARTS) is 9. The Labute approximate surface area is 322 Å². The Morgan fingerprint density at radius 3 is 0.690 bits per heavy atom. The van der Waals surface area contributed by atoms with Gasteiger partial charge in [-0.25, -0.2) is 4.79 Å². The molecule has 0 aromatic heterocycles. The van der Waals surface area contributed by atoms with Crippen LogP contribution in [-0.2, 0) is 43.2 Å². The molecule has 222 valence electrons. The molecule has 0 spiro atoms. The van der Waals surface area contributed by atoms with Crippen molar-refractivity contribution in [3.05, 3.63) is 0 Å². The molecule has 0 aromatic carbocycles. The third-order valence-electron chi connectivity index (χ3n) is 3.79. The fraction of sp³-hybridized carbons (Fsp3) is 0.500. The fourth-order valence-electron chi connectivity index (χ4n) is 2.08. The van der Waals surface area contributed by atoms with Crippen LogP contribution in [0.5, 0.6) is 0 Å². The molecule has 0 saturated carbocycles. The van der Waals surface area contributed by atoms with Gasteiger partial charge in [0.1, 0.15) is 11.2 Å². The van der Waals surface area contributed by atoms with E-state index in [1.807, 2.05) is 0 Å². The third-order valence-corrected chi connectivity index (χ3v) is 3.79. The topological polar surface area (TPSA) is 413 Å². The molecule has 0 unspecified atom stereocenters. The molecule has 0 fully saturated rings. The van der Waals surface area contributed by atoms with Gasteiger partial charge in [0.25, 0.3) is 0 Å². The molecule has 0 aliphatic heterocycles. The number of rotatable bonds is 15. The first-order chi connectivity index (χ1) is 17.3. The largest absolute Gasteiger partial charge is 2.00 e. The molecule has 42 heavy (non-hydrogen) atoms. The molecule has 0 rings (SSSR count). The Morgan fingerprint density at radius 1 is 0.405 bits per heavy atom. The zero-order valence-electron chi connectivity index (χ0n) is 21.2. The molecule has 6 N–H and O–H groups in total. The van der Waals surface area contributed by atoms with E-state index in [0.29, 0.717) is 0 Å². The summed E-state index contributed by atoms with van der Waals surface area (Å²) >= 11 is 0. The van der Waals surface area contributed by atoms with Crippen molar-refractivity contribution in [2.45, 2.75) is 55.3 Å². The molecule has 0 saturated heterocycles. The van der Waals surface area contributed by atoms with E-state index < -0.39 is 109 Å². The van der Waals surface area contributed by atoms with Gasteiger partial charge in [-0.15, -0.1) is 0 Å². The second-order valence-electron chi connectivity index (χ2n) is 7.31. The van der Waals surface area contributed by atoms with E-state index in [9.17, 15) is 73.8 Å². The summed E-state index contributed by atoms with van der Waals surface area (Å²) in [4.78, 5) is 90.5. The number of hydrogen-bond donors (Lipinski definition) is 6. The van der Waals surface area contributed by atoms with Gasteiger partial charge < -0.3 is 90.0 Å². The first-order valence-electron chi connectivity index (χ1n) is 9.40. The van der Waals surface area contributed by atoms with Crippen LogP contribution in [0.4, 0.5) is 0 Å². The molecule has 21 nitrogen and oxygen atoms in total. The van der Waals surface area contributed by atoms with Crippen LogP contribution in [0, 0.1) is 0 Å². The van der Waals surface area contributed by atoms with Crippen molar-refractivity contribution < 1.29 is 104 Å². The van der Waals surface area contributed by atoms with Crippen LogP contribution in [0.15, 0.2) is 0 Å². The van der Waals surface area contributed by atoms with E-state index in [1.54, 1.807) is 0 Å². The molecular formula is C18H18Ca3O21. The number of carboxylic acids is 9. The summed E-state index contributed by atoms with van der Waals surface area (Å²) in [5, 5.41) is 112. The van der Waals surface area contributed by atoms with E-state index in [4.69, 9.17) is 30.6 Å². The molecular weight excluding hydrogens is 672 g/mol. The fourth-order valence-corrected chi connectivity index (χ4v) is 2.08. The molecule has 0 radical (unpaired) electrons. The van der Waals surface area contributed by atoms with Gasteiger partial charge in [0.2, 0.25) is 0 Å². The monoisotopic (exact) mass is 690 g/mol. The van der Waals surface area contributed by atoms with Crippen molar-refractivity contribution in [3.8, 4) is 0 Å². The maximum Gasteiger partial charge on any atom is 2.00 e. The van der Waals surface area contributed by atoms with Crippen molar-refractivity contribution in [1.82, 2.24) is 0 Å². The average Bonchev–Trinajstić information content (AvgIpc) is 2.64. The van der Waals surface area contributed by atoms with Gasteiger partial charge in [-0.2, -0.15) is 0 Å². The SMILES string of the molecule is O=C(O)CC(O)(CC(=O)O)C(=O)O.O=C([O-])CC(O)(CC(=O)[O-])C(=O)[O-].O=C([O-])CC(O)(CC(=O)[O-])C(=O)[O-].[Ca+2].[Ca+2].[Ca+2]. The Balaban J connectivity index is -0.000000112. The predicted octanol–water partition coefficient (Wildman–Crippen LogP) is -12.9. The summed E-state index contributed by atoms with van der Waals surface area (Å²) in [6.07, 6.45) is -7.72. The predicted molar refractivity (Wildman–Crippen MR) is 113 cm³/mol. The van der Waals surface area contributed by atoms with Crippen molar-refractivity contribution >= 4 is 167 Å². The van der Waals surface area contributed by atoms with Crippen molar-refractivity contribution in [2.24, 2.45) is 0 Å². The summed E-state index contributed by atoms with van der Waals surface area (Å²) in [5.74, 6) is -17.0. The molecule has 0 aliphatic rings. The molecule has 24 heteroatoms. The Hall–Kier alpha value is -1.11. The first-order valence-corrected chi connectivity index (χ1v) is 9.40. The molecule has 0 aliphatic carbocycles. The van der Waals surface area contributed by atoms with Crippen LogP contribution in [0.2, 0.25) is 0 Å². The van der Waals surface area contributed by atoms with Crippen molar-refractivity contribution in [3.63, 3.8) is 0 Å². The third kappa shape index (κ3) is 25.4. The van der Waals surface area contributed by atoms with Crippen molar-refractivity contribution in [2.75, 3.05) is 0 Å². The van der Waals surface area contributed by atoms with Crippen molar-refractivity contribution in [1.29, 1.82) is 0 Å².